The third kappa shape index (κ3) is 3.79. The minimum Gasteiger partial charge on any atom is -0.379 e. The van der Waals surface area contributed by atoms with Crippen molar-refractivity contribution in [3.63, 3.8) is 0 Å². The lowest BCUT2D eigenvalue weighted by atomic mass is 9.92. The fourth-order valence-corrected chi connectivity index (χ4v) is 2.21. The maximum Gasteiger partial charge on any atom is 0.0593 e. The highest BCUT2D eigenvalue weighted by molar-refractivity contribution is 7.80. The van der Waals surface area contributed by atoms with Gasteiger partial charge in [0, 0.05) is 18.3 Å². The molecule has 2 atom stereocenters. The van der Waals surface area contributed by atoms with E-state index in [0.29, 0.717) is 0 Å². The first-order valence-electron chi connectivity index (χ1n) is 5.68. The highest BCUT2D eigenvalue weighted by Gasteiger charge is 2.23. The number of piperidine rings is 1. The van der Waals surface area contributed by atoms with E-state index in [9.17, 15) is 0 Å². The minimum atomic E-state index is 0.725. The zero-order valence-electron chi connectivity index (χ0n) is 9.41. The summed E-state index contributed by atoms with van der Waals surface area (Å²) in [6.07, 6.45) is 2.73. The topological polar surface area (TPSA) is 12.5 Å². The van der Waals surface area contributed by atoms with Gasteiger partial charge in [0.15, 0.2) is 0 Å². The molecule has 14 heavy (non-hydrogen) atoms. The molecule has 3 heteroatoms. The van der Waals surface area contributed by atoms with E-state index in [1.165, 1.54) is 19.4 Å². The van der Waals surface area contributed by atoms with E-state index in [-0.39, 0.29) is 0 Å². The van der Waals surface area contributed by atoms with Gasteiger partial charge in [-0.1, -0.05) is 6.92 Å². The number of ether oxygens (including phenoxy) is 1. The van der Waals surface area contributed by atoms with Crippen LogP contribution >= 0.6 is 12.6 Å². The number of rotatable bonds is 5. The Bertz CT molecular complexity index is 154. The molecule has 1 rings (SSSR count). The minimum absolute atomic E-state index is 0.725. The molecule has 0 aromatic heterocycles. The van der Waals surface area contributed by atoms with Gasteiger partial charge in [-0.25, -0.2) is 0 Å². The Balaban J connectivity index is 2.15. The first-order valence-corrected chi connectivity index (χ1v) is 6.31. The van der Waals surface area contributed by atoms with Gasteiger partial charge in [-0.05, 0) is 32.2 Å². The Hall–Kier alpha value is 0.270. The summed E-state index contributed by atoms with van der Waals surface area (Å²) in [6, 6.07) is 0.725. The molecular formula is C11H23NOS. The van der Waals surface area contributed by atoms with Crippen LogP contribution in [0.15, 0.2) is 0 Å². The lowest BCUT2D eigenvalue weighted by Gasteiger charge is -2.37. The quantitative estimate of drug-likeness (QED) is 0.559. The Morgan fingerprint density at radius 2 is 2.14 bits per heavy atom. The monoisotopic (exact) mass is 217 g/mol. The van der Waals surface area contributed by atoms with Crippen LogP contribution in [-0.2, 0) is 4.74 Å². The third-order valence-corrected chi connectivity index (χ3v) is 3.45. The highest BCUT2D eigenvalue weighted by atomic mass is 32.1. The summed E-state index contributed by atoms with van der Waals surface area (Å²) < 4.78 is 5.45. The SMILES string of the molecule is CC1CCCN(CCOCCS)C1C. The molecule has 0 radical (unpaired) electrons. The number of hydrogen-bond acceptors (Lipinski definition) is 3. The van der Waals surface area contributed by atoms with Gasteiger partial charge < -0.3 is 4.74 Å². The van der Waals surface area contributed by atoms with Crippen molar-refractivity contribution < 1.29 is 4.74 Å². The second-order valence-corrected chi connectivity index (χ2v) is 4.68. The number of hydrogen-bond donors (Lipinski definition) is 1. The van der Waals surface area contributed by atoms with Crippen molar-refractivity contribution in [2.24, 2.45) is 5.92 Å². The molecule has 0 aliphatic carbocycles. The molecule has 0 spiro atoms. The van der Waals surface area contributed by atoms with Crippen LogP contribution in [-0.4, -0.2) is 43.0 Å². The molecule has 0 N–H and O–H groups in total. The van der Waals surface area contributed by atoms with Crippen LogP contribution in [0.1, 0.15) is 26.7 Å². The van der Waals surface area contributed by atoms with Gasteiger partial charge in [0.25, 0.3) is 0 Å². The van der Waals surface area contributed by atoms with Crippen LogP contribution in [0.25, 0.3) is 0 Å². The molecule has 0 bridgehead atoms. The van der Waals surface area contributed by atoms with E-state index in [2.05, 4.69) is 31.4 Å². The van der Waals surface area contributed by atoms with Crippen LogP contribution in [0, 0.1) is 5.92 Å². The summed E-state index contributed by atoms with van der Waals surface area (Å²) >= 11 is 4.11. The summed E-state index contributed by atoms with van der Waals surface area (Å²) in [5, 5.41) is 0. The third-order valence-electron chi connectivity index (χ3n) is 3.26. The standard InChI is InChI=1S/C11H23NOS/c1-10-4-3-5-12(11(10)2)6-7-13-8-9-14/h10-11,14H,3-9H2,1-2H3. The number of nitrogens with zero attached hydrogens (tertiary/aromatic N) is 1. The molecule has 0 aromatic carbocycles. The molecule has 84 valence electrons. The van der Waals surface area contributed by atoms with Crippen LogP contribution in [0.4, 0.5) is 0 Å². The summed E-state index contributed by atoms with van der Waals surface area (Å²) in [5.74, 6) is 1.67. The molecule has 0 amide bonds. The first kappa shape index (κ1) is 12.3. The molecule has 1 fully saturated rings. The van der Waals surface area contributed by atoms with Crippen LogP contribution in [0.5, 0.6) is 0 Å². The molecule has 0 saturated carbocycles. The summed E-state index contributed by atoms with van der Waals surface area (Å²) in [6.45, 7) is 8.65. The van der Waals surface area contributed by atoms with Gasteiger partial charge in [-0.2, -0.15) is 12.6 Å². The average Bonchev–Trinajstić information content (AvgIpc) is 2.19. The lowest BCUT2D eigenvalue weighted by Crippen LogP contribution is -2.43. The van der Waals surface area contributed by atoms with Crippen molar-refractivity contribution in [3.8, 4) is 0 Å². The Morgan fingerprint density at radius 3 is 2.86 bits per heavy atom. The molecule has 1 heterocycles. The zero-order valence-corrected chi connectivity index (χ0v) is 10.3. The average molecular weight is 217 g/mol. The van der Waals surface area contributed by atoms with Crippen LogP contribution < -0.4 is 0 Å². The predicted octanol–water partition coefficient (Wildman–Crippen LogP) is 2.05. The van der Waals surface area contributed by atoms with Crippen molar-refractivity contribution in [1.82, 2.24) is 4.90 Å². The first-order chi connectivity index (χ1) is 6.75. The lowest BCUT2D eigenvalue weighted by molar-refractivity contribution is 0.0635. The fraction of sp³-hybridized carbons (Fsp3) is 1.00. The summed E-state index contributed by atoms with van der Waals surface area (Å²) in [7, 11) is 0. The van der Waals surface area contributed by atoms with E-state index in [4.69, 9.17) is 4.74 Å². The van der Waals surface area contributed by atoms with E-state index < -0.39 is 0 Å². The fourth-order valence-electron chi connectivity index (χ4n) is 2.08. The van der Waals surface area contributed by atoms with Crippen molar-refractivity contribution in [2.45, 2.75) is 32.7 Å². The van der Waals surface area contributed by atoms with Crippen LogP contribution in [0.2, 0.25) is 0 Å². The van der Waals surface area contributed by atoms with E-state index in [0.717, 1.165) is 37.5 Å². The zero-order chi connectivity index (χ0) is 10.4. The Morgan fingerprint density at radius 1 is 1.36 bits per heavy atom. The van der Waals surface area contributed by atoms with Gasteiger partial charge in [-0.3, -0.25) is 4.90 Å². The molecule has 0 aromatic rings. The normalized spacial score (nSPS) is 29.4. The maximum atomic E-state index is 5.45. The van der Waals surface area contributed by atoms with Gasteiger partial charge in [0.05, 0.1) is 13.2 Å². The highest BCUT2D eigenvalue weighted by Crippen LogP contribution is 2.22. The second kappa shape index (κ2) is 6.70. The summed E-state index contributed by atoms with van der Waals surface area (Å²) in [5.41, 5.74) is 0. The van der Waals surface area contributed by atoms with Crippen LogP contribution in [0.3, 0.4) is 0 Å². The molecule has 1 saturated heterocycles. The van der Waals surface area contributed by atoms with Gasteiger partial charge in [0.2, 0.25) is 0 Å². The summed E-state index contributed by atoms with van der Waals surface area (Å²) in [4.78, 5) is 2.55. The van der Waals surface area contributed by atoms with Crippen molar-refractivity contribution in [3.05, 3.63) is 0 Å². The largest absolute Gasteiger partial charge is 0.379 e. The number of thiol groups is 1. The molecule has 1 aliphatic rings. The maximum absolute atomic E-state index is 5.45. The Kier molecular flexibility index (Phi) is 5.90. The van der Waals surface area contributed by atoms with Crippen molar-refractivity contribution in [1.29, 1.82) is 0 Å². The second-order valence-electron chi connectivity index (χ2n) is 4.23. The molecular weight excluding hydrogens is 194 g/mol. The van der Waals surface area contributed by atoms with Crippen molar-refractivity contribution >= 4 is 12.6 Å². The smallest absolute Gasteiger partial charge is 0.0593 e. The van der Waals surface area contributed by atoms with Gasteiger partial charge >= 0.3 is 0 Å². The van der Waals surface area contributed by atoms with Gasteiger partial charge in [0.1, 0.15) is 0 Å². The molecule has 2 nitrogen and oxygen atoms in total. The molecule has 1 aliphatic heterocycles. The van der Waals surface area contributed by atoms with E-state index in [1.807, 2.05) is 0 Å². The predicted molar refractivity (Wildman–Crippen MR) is 64.1 cm³/mol. The number of likely N-dealkylation sites (tertiary alicyclic amines) is 1. The van der Waals surface area contributed by atoms with E-state index in [1.54, 1.807) is 0 Å². The van der Waals surface area contributed by atoms with Crippen molar-refractivity contribution in [2.75, 3.05) is 32.1 Å². The Labute approximate surface area is 93.4 Å². The van der Waals surface area contributed by atoms with Gasteiger partial charge in [-0.15, -0.1) is 0 Å². The van der Waals surface area contributed by atoms with E-state index >= 15 is 0 Å². The molecule has 2 unspecified atom stereocenters.